The van der Waals surface area contributed by atoms with Crippen LogP contribution in [0.4, 0.5) is 0 Å². The molecule has 4 rings (SSSR count). The van der Waals surface area contributed by atoms with E-state index in [1.165, 1.54) is 50.9 Å². The van der Waals surface area contributed by atoms with Crippen LogP contribution >= 0.6 is 0 Å². The molecule has 2 heteroatoms. The highest BCUT2D eigenvalue weighted by Crippen LogP contribution is 2.42. The quantitative estimate of drug-likeness (QED) is 0.740. The summed E-state index contributed by atoms with van der Waals surface area (Å²) in [5.41, 5.74) is 3.05. The summed E-state index contributed by atoms with van der Waals surface area (Å²) in [5.74, 6) is 1.70. The Balaban J connectivity index is 1.26. The van der Waals surface area contributed by atoms with Gasteiger partial charge in [0.25, 0.3) is 0 Å². The monoisotopic (exact) mass is 324 g/mol. The first kappa shape index (κ1) is 16.4. The van der Waals surface area contributed by atoms with Crippen molar-refractivity contribution >= 4 is 0 Å². The smallest absolute Gasteiger partial charge is 0.0256 e. The Kier molecular flexibility index (Phi) is 4.78. The second-order valence-electron chi connectivity index (χ2n) is 8.32. The third-order valence-electron chi connectivity index (χ3n) is 6.48. The lowest BCUT2D eigenvalue weighted by Gasteiger charge is -2.40. The molecule has 0 aromatic heterocycles. The maximum Gasteiger partial charge on any atom is 0.0256 e. The fraction of sp³-hybridized carbons (Fsp3) is 0.636. The van der Waals surface area contributed by atoms with Gasteiger partial charge in [-0.25, -0.2) is 0 Å². The van der Waals surface area contributed by atoms with Gasteiger partial charge in [-0.15, -0.1) is 0 Å². The van der Waals surface area contributed by atoms with Crippen LogP contribution in [0.2, 0.25) is 0 Å². The van der Waals surface area contributed by atoms with E-state index < -0.39 is 0 Å². The maximum absolute atomic E-state index is 2.65. The first-order chi connectivity index (χ1) is 11.7. The molecule has 0 N–H and O–H groups in total. The van der Waals surface area contributed by atoms with Crippen molar-refractivity contribution in [2.75, 3.05) is 19.6 Å². The number of nitrogens with zero attached hydrogens (tertiary/aromatic N) is 2. The average Bonchev–Trinajstić information content (AvgIpc) is 3.15. The highest BCUT2D eigenvalue weighted by atomic mass is 15.2. The lowest BCUT2D eigenvalue weighted by molar-refractivity contribution is 0.135. The molecule has 1 saturated heterocycles. The SMILES string of the molecule is C[C@H]1C=C[C@H](C)N1CC1CC(c2ccc(CN3CCCC3)cc2)C1. The minimum atomic E-state index is 0.629. The molecule has 0 spiro atoms. The molecule has 1 aromatic rings. The molecule has 1 aliphatic carbocycles. The molecule has 2 heterocycles. The molecule has 2 aliphatic heterocycles. The molecule has 0 amide bonds. The zero-order chi connectivity index (χ0) is 16.5. The van der Waals surface area contributed by atoms with Crippen LogP contribution in [0.5, 0.6) is 0 Å². The van der Waals surface area contributed by atoms with Gasteiger partial charge in [-0.2, -0.15) is 0 Å². The average molecular weight is 325 g/mol. The van der Waals surface area contributed by atoms with Gasteiger partial charge in [0.15, 0.2) is 0 Å². The van der Waals surface area contributed by atoms with E-state index in [1.807, 2.05) is 0 Å². The van der Waals surface area contributed by atoms with Crippen molar-refractivity contribution in [3.05, 3.63) is 47.5 Å². The minimum Gasteiger partial charge on any atom is -0.299 e. The molecule has 2 fully saturated rings. The van der Waals surface area contributed by atoms with Crippen molar-refractivity contribution in [2.45, 2.75) is 64.1 Å². The van der Waals surface area contributed by atoms with Crippen molar-refractivity contribution in [1.29, 1.82) is 0 Å². The largest absolute Gasteiger partial charge is 0.299 e. The highest BCUT2D eigenvalue weighted by molar-refractivity contribution is 5.27. The molecular formula is C22H32N2. The topological polar surface area (TPSA) is 6.48 Å². The molecule has 130 valence electrons. The Morgan fingerprint density at radius 2 is 1.54 bits per heavy atom. The van der Waals surface area contributed by atoms with E-state index in [0.29, 0.717) is 12.1 Å². The first-order valence-corrected chi connectivity index (χ1v) is 9.94. The van der Waals surface area contributed by atoms with Crippen LogP contribution in [0.3, 0.4) is 0 Å². The van der Waals surface area contributed by atoms with E-state index in [0.717, 1.165) is 18.4 Å². The fourth-order valence-corrected chi connectivity index (χ4v) is 4.80. The molecule has 2 nitrogen and oxygen atoms in total. The number of likely N-dealkylation sites (tertiary alicyclic amines) is 1. The van der Waals surface area contributed by atoms with E-state index in [1.54, 1.807) is 5.56 Å². The van der Waals surface area contributed by atoms with Crippen LogP contribution in [0.1, 0.15) is 56.6 Å². The van der Waals surface area contributed by atoms with Gasteiger partial charge in [0.2, 0.25) is 0 Å². The molecule has 0 unspecified atom stereocenters. The van der Waals surface area contributed by atoms with Crippen molar-refractivity contribution in [2.24, 2.45) is 5.92 Å². The Hall–Kier alpha value is -1.12. The van der Waals surface area contributed by atoms with Gasteiger partial charge >= 0.3 is 0 Å². The number of hydrogen-bond acceptors (Lipinski definition) is 2. The zero-order valence-corrected chi connectivity index (χ0v) is 15.3. The van der Waals surface area contributed by atoms with Gasteiger partial charge < -0.3 is 0 Å². The third kappa shape index (κ3) is 3.45. The van der Waals surface area contributed by atoms with Crippen LogP contribution < -0.4 is 0 Å². The van der Waals surface area contributed by atoms with E-state index >= 15 is 0 Å². The molecular weight excluding hydrogens is 292 g/mol. The summed E-state index contributed by atoms with van der Waals surface area (Å²) < 4.78 is 0. The van der Waals surface area contributed by atoms with Crippen molar-refractivity contribution in [1.82, 2.24) is 9.80 Å². The lowest BCUT2D eigenvalue weighted by atomic mass is 9.71. The number of hydrogen-bond donors (Lipinski definition) is 0. The maximum atomic E-state index is 2.65. The van der Waals surface area contributed by atoms with Gasteiger partial charge in [0, 0.05) is 25.2 Å². The number of benzene rings is 1. The van der Waals surface area contributed by atoms with Crippen molar-refractivity contribution in [3.8, 4) is 0 Å². The van der Waals surface area contributed by atoms with Crippen LogP contribution in [-0.4, -0.2) is 41.5 Å². The lowest BCUT2D eigenvalue weighted by Crippen LogP contribution is -2.41. The summed E-state index contributed by atoms with van der Waals surface area (Å²) in [6, 6.07) is 10.8. The molecule has 24 heavy (non-hydrogen) atoms. The Morgan fingerprint density at radius 3 is 2.17 bits per heavy atom. The Bertz CT molecular complexity index is 552. The summed E-state index contributed by atoms with van der Waals surface area (Å²) in [5, 5.41) is 0. The summed E-state index contributed by atoms with van der Waals surface area (Å²) >= 11 is 0. The number of rotatable bonds is 5. The molecule has 1 aromatic carbocycles. The van der Waals surface area contributed by atoms with E-state index in [2.05, 4.69) is 60.1 Å². The highest BCUT2D eigenvalue weighted by Gasteiger charge is 2.34. The minimum absolute atomic E-state index is 0.629. The molecule has 1 saturated carbocycles. The van der Waals surface area contributed by atoms with Gasteiger partial charge in [-0.1, -0.05) is 36.4 Å². The predicted molar refractivity (Wildman–Crippen MR) is 101 cm³/mol. The van der Waals surface area contributed by atoms with Crippen LogP contribution in [0.25, 0.3) is 0 Å². The van der Waals surface area contributed by atoms with Crippen LogP contribution in [-0.2, 0) is 6.54 Å². The normalized spacial score (nSPS) is 33.9. The molecule has 3 aliphatic rings. The third-order valence-corrected chi connectivity index (χ3v) is 6.48. The molecule has 2 atom stereocenters. The van der Waals surface area contributed by atoms with Crippen molar-refractivity contribution in [3.63, 3.8) is 0 Å². The summed E-state index contributed by atoms with van der Waals surface area (Å²) in [7, 11) is 0. The summed E-state index contributed by atoms with van der Waals surface area (Å²) in [6.45, 7) is 9.65. The van der Waals surface area contributed by atoms with Gasteiger partial charge in [0.1, 0.15) is 0 Å². The van der Waals surface area contributed by atoms with Gasteiger partial charge in [-0.3, -0.25) is 9.80 Å². The van der Waals surface area contributed by atoms with E-state index in [9.17, 15) is 0 Å². The molecule has 0 radical (unpaired) electrons. The zero-order valence-electron chi connectivity index (χ0n) is 15.3. The Morgan fingerprint density at radius 1 is 0.917 bits per heavy atom. The van der Waals surface area contributed by atoms with E-state index in [-0.39, 0.29) is 0 Å². The standard InChI is InChI=1S/C22H32N2/c1-17-5-6-18(2)24(17)16-20-13-22(14-20)21-9-7-19(8-10-21)15-23-11-3-4-12-23/h5-10,17-18,20,22H,3-4,11-16H2,1-2H3/t17-,18-,20?,22?/m0/s1. The van der Waals surface area contributed by atoms with Gasteiger partial charge in [0.05, 0.1) is 0 Å². The van der Waals surface area contributed by atoms with Crippen LogP contribution in [0.15, 0.2) is 36.4 Å². The summed E-state index contributed by atoms with van der Waals surface area (Å²) in [4.78, 5) is 5.24. The predicted octanol–water partition coefficient (Wildman–Crippen LogP) is 4.42. The fourth-order valence-electron chi connectivity index (χ4n) is 4.80. The van der Waals surface area contributed by atoms with Crippen LogP contribution in [0, 0.1) is 5.92 Å². The van der Waals surface area contributed by atoms with E-state index in [4.69, 9.17) is 0 Å². The first-order valence-electron chi connectivity index (χ1n) is 9.94. The molecule has 0 bridgehead atoms. The second-order valence-corrected chi connectivity index (χ2v) is 8.32. The summed E-state index contributed by atoms with van der Waals surface area (Å²) in [6.07, 6.45) is 10.2. The van der Waals surface area contributed by atoms with Gasteiger partial charge in [-0.05, 0) is 75.6 Å². The Labute approximate surface area is 147 Å². The van der Waals surface area contributed by atoms with Crippen molar-refractivity contribution < 1.29 is 0 Å². The second kappa shape index (κ2) is 7.01.